The Kier molecular flexibility index (Phi) is 5.70. The SMILES string of the molecule is CC(C)(C)c1ccc2c([c]1[Zr+2])Cc1ccccc1-2.[Cl-].[Cl-]. The second-order valence-corrected chi connectivity index (χ2v) is 7.33. The Balaban J connectivity index is 0.000001000. The quantitative estimate of drug-likeness (QED) is 0.411. The molecule has 0 atom stereocenters. The fourth-order valence-electron chi connectivity index (χ4n) is 2.84. The van der Waals surface area contributed by atoms with Gasteiger partial charge < -0.3 is 24.8 Å². The summed E-state index contributed by atoms with van der Waals surface area (Å²) in [6.07, 6.45) is 1.12. The van der Waals surface area contributed by atoms with Crippen LogP contribution < -0.4 is 28.1 Å². The molecule has 3 rings (SSSR count). The molecular formula is C17H17Cl2Zr. The average molecular weight is 383 g/mol. The first-order valence-corrected chi connectivity index (χ1v) is 7.67. The van der Waals surface area contributed by atoms with Crippen LogP contribution in [-0.4, -0.2) is 0 Å². The summed E-state index contributed by atoms with van der Waals surface area (Å²) in [5.41, 5.74) is 7.74. The van der Waals surface area contributed by atoms with Crippen molar-refractivity contribution in [3.63, 3.8) is 0 Å². The van der Waals surface area contributed by atoms with E-state index in [-0.39, 0.29) is 30.2 Å². The third kappa shape index (κ3) is 2.91. The Bertz CT molecular complexity index is 627. The van der Waals surface area contributed by atoms with Gasteiger partial charge in [0.1, 0.15) is 0 Å². The van der Waals surface area contributed by atoms with Crippen LogP contribution in [0.2, 0.25) is 0 Å². The molecule has 103 valence electrons. The van der Waals surface area contributed by atoms with Crippen molar-refractivity contribution < 1.29 is 49.5 Å². The minimum Gasteiger partial charge on any atom is -1.00 e. The van der Waals surface area contributed by atoms with Gasteiger partial charge in [0.15, 0.2) is 0 Å². The van der Waals surface area contributed by atoms with Crippen molar-refractivity contribution in [1.82, 2.24) is 0 Å². The summed E-state index contributed by atoms with van der Waals surface area (Å²) in [7, 11) is 0. The van der Waals surface area contributed by atoms with Crippen LogP contribution in [-0.2, 0) is 36.6 Å². The van der Waals surface area contributed by atoms with Crippen LogP contribution in [0.1, 0.15) is 37.5 Å². The molecule has 1 aliphatic rings. The summed E-state index contributed by atoms with van der Waals surface area (Å²) in [6.45, 7) is 6.93. The van der Waals surface area contributed by atoms with Crippen molar-refractivity contribution >= 4 is 3.27 Å². The molecule has 0 amide bonds. The monoisotopic (exact) mass is 381 g/mol. The van der Waals surface area contributed by atoms with Gasteiger partial charge in [0.25, 0.3) is 0 Å². The van der Waals surface area contributed by atoms with Crippen molar-refractivity contribution in [2.24, 2.45) is 0 Å². The van der Waals surface area contributed by atoms with E-state index in [2.05, 4.69) is 57.2 Å². The predicted molar refractivity (Wildman–Crippen MR) is 73.0 cm³/mol. The van der Waals surface area contributed by atoms with Crippen molar-refractivity contribution in [1.29, 1.82) is 0 Å². The van der Waals surface area contributed by atoms with Crippen LogP contribution in [0.3, 0.4) is 0 Å². The molecule has 0 N–H and O–H groups in total. The zero-order chi connectivity index (χ0) is 12.9. The molecule has 0 bridgehead atoms. The Morgan fingerprint density at radius 3 is 2.20 bits per heavy atom. The molecule has 0 aliphatic heterocycles. The molecule has 0 nitrogen and oxygen atoms in total. The van der Waals surface area contributed by atoms with Gasteiger partial charge in [0.05, 0.1) is 0 Å². The maximum Gasteiger partial charge on any atom is -1.00 e. The molecule has 0 saturated heterocycles. The number of hydrogen-bond donors (Lipinski definition) is 0. The third-order valence-electron chi connectivity index (χ3n) is 3.80. The number of halogens is 2. The summed E-state index contributed by atoms with van der Waals surface area (Å²) in [4.78, 5) is 0. The van der Waals surface area contributed by atoms with Crippen molar-refractivity contribution in [3.8, 4) is 11.1 Å². The van der Waals surface area contributed by atoms with E-state index in [9.17, 15) is 0 Å². The Morgan fingerprint density at radius 1 is 0.900 bits per heavy atom. The predicted octanol–water partition coefficient (Wildman–Crippen LogP) is -2.26. The van der Waals surface area contributed by atoms with E-state index in [1.807, 2.05) is 0 Å². The largest absolute Gasteiger partial charge is 1.00 e. The second kappa shape index (κ2) is 6.34. The van der Waals surface area contributed by atoms with Gasteiger partial charge in [-0.2, -0.15) is 0 Å². The molecule has 1 aliphatic carbocycles. The summed E-state index contributed by atoms with van der Waals surface area (Å²) in [6, 6.07) is 13.5. The smallest absolute Gasteiger partial charge is 1.00 e. The van der Waals surface area contributed by atoms with Crippen LogP contribution >= 0.6 is 0 Å². The summed E-state index contributed by atoms with van der Waals surface area (Å²) >= 11 is 1.54. The zero-order valence-electron chi connectivity index (χ0n) is 11.9. The van der Waals surface area contributed by atoms with Gasteiger partial charge in [-0.3, -0.25) is 0 Å². The van der Waals surface area contributed by atoms with Crippen LogP contribution in [0.4, 0.5) is 0 Å². The van der Waals surface area contributed by atoms with Gasteiger partial charge in [0, 0.05) is 0 Å². The molecular weight excluding hydrogens is 366 g/mol. The first-order valence-electron chi connectivity index (χ1n) is 6.45. The van der Waals surface area contributed by atoms with E-state index in [1.54, 1.807) is 33.6 Å². The molecule has 0 saturated carbocycles. The normalized spacial score (nSPS) is 12.1. The Hall–Kier alpha value is -0.0969. The first kappa shape index (κ1) is 18.0. The number of benzene rings is 2. The minimum atomic E-state index is 0. The molecule has 3 heteroatoms. The molecule has 2 aromatic rings. The number of rotatable bonds is 0. The summed E-state index contributed by atoms with van der Waals surface area (Å²) in [5, 5.41) is 0. The van der Waals surface area contributed by atoms with Crippen molar-refractivity contribution in [2.75, 3.05) is 0 Å². The van der Waals surface area contributed by atoms with E-state index in [0.717, 1.165) is 6.42 Å². The molecule has 0 fully saturated rings. The van der Waals surface area contributed by atoms with Crippen LogP contribution in [0, 0.1) is 0 Å². The van der Waals surface area contributed by atoms with E-state index < -0.39 is 0 Å². The molecule has 20 heavy (non-hydrogen) atoms. The molecule has 0 aromatic heterocycles. The second-order valence-electron chi connectivity index (χ2n) is 6.10. The van der Waals surface area contributed by atoms with Gasteiger partial charge >= 0.3 is 125 Å². The van der Waals surface area contributed by atoms with E-state index >= 15 is 0 Å². The van der Waals surface area contributed by atoms with Gasteiger partial charge in [-0.25, -0.2) is 0 Å². The zero-order valence-corrected chi connectivity index (χ0v) is 15.9. The number of hydrogen-bond acceptors (Lipinski definition) is 0. The van der Waals surface area contributed by atoms with E-state index in [0.29, 0.717) is 0 Å². The maximum atomic E-state index is 2.34. The number of fused-ring (bicyclic) bond motifs is 3. The fourth-order valence-corrected chi connectivity index (χ4v) is 4.51. The fraction of sp³-hybridized carbons (Fsp3) is 0.294. The standard InChI is InChI=1S/C17H17.2ClH.Zr/c1-17(2,3)14-8-9-16-13(11-14)10-12-6-4-5-7-15(12)16;;;/h4-9H,10H2,1-3H3;2*1H;/q;;;+2/p-2. The van der Waals surface area contributed by atoms with Gasteiger partial charge in [-0.15, -0.1) is 0 Å². The molecule has 2 aromatic carbocycles. The molecule has 0 unspecified atom stereocenters. The molecule has 0 radical (unpaired) electrons. The van der Waals surface area contributed by atoms with E-state index in [4.69, 9.17) is 0 Å². The van der Waals surface area contributed by atoms with Gasteiger partial charge in [-0.1, -0.05) is 0 Å². The van der Waals surface area contributed by atoms with Gasteiger partial charge in [0.2, 0.25) is 0 Å². The maximum absolute atomic E-state index is 2.34. The third-order valence-corrected chi connectivity index (χ3v) is 5.20. The Morgan fingerprint density at radius 2 is 1.55 bits per heavy atom. The topological polar surface area (TPSA) is 0 Å². The van der Waals surface area contributed by atoms with Crippen LogP contribution in [0.15, 0.2) is 36.4 Å². The molecule has 0 heterocycles. The van der Waals surface area contributed by atoms with Crippen LogP contribution in [0.25, 0.3) is 11.1 Å². The molecule has 0 spiro atoms. The summed E-state index contributed by atoms with van der Waals surface area (Å²) < 4.78 is 1.57. The first-order chi connectivity index (χ1) is 8.48. The van der Waals surface area contributed by atoms with Gasteiger partial charge in [-0.05, 0) is 0 Å². The Labute approximate surface area is 149 Å². The van der Waals surface area contributed by atoms with Crippen LogP contribution in [0.5, 0.6) is 0 Å². The summed E-state index contributed by atoms with van der Waals surface area (Å²) in [5.74, 6) is 0. The van der Waals surface area contributed by atoms with E-state index in [1.165, 1.54) is 22.3 Å². The minimum absolute atomic E-state index is 0. The van der Waals surface area contributed by atoms with Crippen molar-refractivity contribution in [3.05, 3.63) is 53.1 Å². The van der Waals surface area contributed by atoms with Crippen molar-refractivity contribution in [2.45, 2.75) is 32.6 Å². The average Bonchev–Trinajstić information content (AvgIpc) is 2.68.